The lowest BCUT2D eigenvalue weighted by Crippen LogP contribution is -2.03. The monoisotopic (exact) mass is 342 g/mol. The number of Topliss-reactive ketones (excluding diaryl/α,β-unsaturated/α-hetero) is 2. The summed E-state index contributed by atoms with van der Waals surface area (Å²) in [7, 11) is 0. The first-order valence-electron chi connectivity index (χ1n) is 9.48. The molecule has 0 N–H and O–H groups in total. The van der Waals surface area contributed by atoms with E-state index in [0.29, 0.717) is 12.8 Å². The minimum absolute atomic E-state index is 0.0172. The molecule has 0 heterocycles. The van der Waals surface area contributed by atoms with Crippen LogP contribution in [0.15, 0.2) is 60.8 Å². The maximum Gasteiger partial charge on any atom is 0.140 e. The molecule has 0 bridgehead atoms. The van der Waals surface area contributed by atoms with E-state index in [9.17, 15) is 9.59 Å². The number of hydrogen-bond donors (Lipinski definition) is 0. The Bertz CT molecular complexity index is 490. The molecule has 0 aromatic rings. The predicted molar refractivity (Wildman–Crippen MR) is 109 cm³/mol. The van der Waals surface area contributed by atoms with Gasteiger partial charge < -0.3 is 0 Å². The molecule has 0 aliphatic heterocycles. The summed E-state index contributed by atoms with van der Waals surface area (Å²) < 4.78 is 0. The van der Waals surface area contributed by atoms with E-state index in [0.717, 1.165) is 12.8 Å². The quantitative estimate of drug-likeness (QED) is 0.148. The van der Waals surface area contributed by atoms with Crippen molar-refractivity contribution in [3.8, 4) is 0 Å². The summed E-state index contributed by atoms with van der Waals surface area (Å²) in [5.41, 5.74) is 0. The van der Waals surface area contributed by atoms with Crippen LogP contribution in [0.1, 0.15) is 71.6 Å². The SMILES string of the molecule is CC/C=C/CCCCC/C=C/C=C/C=C/C=C/CCC(=O)CC(C)=O. The Morgan fingerprint density at radius 1 is 0.680 bits per heavy atom. The van der Waals surface area contributed by atoms with Crippen LogP contribution in [-0.4, -0.2) is 11.6 Å². The molecule has 0 saturated heterocycles. The standard InChI is InChI=1S/C23H34O2/c1-3-4-5-6-7-8-9-10-11-12-13-14-15-16-17-18-19-20-23(25)21-22(2)24/h4-5,11-18H,3,6-10,19-21H2,1-2H3/b5-4+,12-11+,14-13+,16-15+,18-17+. The molecule has 0 aromatic heterocycles. The van der Waals surface area contributed by atoms with Gasteiger partial charge in [-0.25, -0.2) is 0 Å². The Morgan fingerprint density at radius 3 is 1.84 bits per heavy atom. The Balaban J connectivity index is 3.58. The average Bonchev–Trinajstić information content (AvgIpc) is 2.57. The van der Waals surface area contributed by atoms with E-state index in [1.807, 2.05) is 36.5 Å². The fraction of sp³-hybridized carbons (Fsp3) is 0.478. The van der Waals surface area contributed by atoms with Gasteiger partial charge in [-0.15, -0.1) is 0 Å². The highest BCUT2D eigenvalue weighted by Gasteiger charge is 2.02. The van der Waals surface area contributed by atoms with Gasteiger partial charge in [-0.1, -0.05) is 74.1 Å². The maximum atomic E-state index is 11.3. The summed E-state index contributed by atoms with van der Waals surface area (Å²) in [4.78, 5) is 22.1. The first-order valence-corrected chi connectivity index (χ1v) is 9.48. The van der Waals surface area contributed by atoms with Crippen LogP contribution in [0, 0.1) is 0 Å². The molecule has 2 nitrogen and oxygen atoms in total. The van der Waals surface area contributed by atoms with E-state index in [4.69, 9.17) is 0 Å². The van der Waals surface area contributed by atoms with Crippen LogP contribution < -0.4 is 0 Å². The highest BCUT2D eigenvalue weighted by molar-refractivity contribution is 5.97. The van der Waals surface area contributed by atoms with Crippen molar-refractivity contribution in [2.45, 2.75) is 71.6 Å². The molecule has 2 heteroatoms. The van der Waals surface area contributed by atoms with E-state index < -0.39 is 0 Å². The molecule has 0 fully saturated rings. The number of ketones is 2. The lowest BCUT2D eigenvalue weighted by atomic mass is 10.1. The summed E-state index contributed by atoms with van der Waals surface area (Å²) in [6.07, 6.45) is 29.2. The second-order valence-corrected chi connectivity index (χ2v) is 6.10. The van der Waals surface area contributed by atoms with Crippen LogP contribution in [-0.2, 0) is 9.59 Å². The molecule has 0 rings (SSSR count). The lowest BCUT2D eigenvalue weighted by molar-refractivity contribution is -0.125. The van der Waals surface area contributed by atoms with E-state index in [-0.39, 0.29) is 18.0 Å². The smallest absolute Gasteiger partial charge is 0.140 e. The van der Waals surface area contributed by atoms with Crippen molar-refractivity contribution in [2.75, 3.05) is 0 Å². The van der Waals surface area contributed by atoms with Gasteiger partial charge in [0.25, 0.3) is 0 Å². The van der Waals surface area contributed by atoms with Crippen molar-refractivity contribution >= 4 is 11.6 Å². The number of carbonyl (C=O) groups is 2. The van der Waals surface area contributed by atoms with Crippen LogP contribution >= 0.6 is 0 Å². The average molecular weight is 343 g/mol. The molecule has 0 radical (unpaired) electrons. The van der Waals surface area contributed by atoms with Crippen molar-refractivity contribution in [2.24, 2.45) is 0 Å². The highest BCUT2D eigenvalue weighted by Crippen LogP contribution is 2.04. The third-order valence-electron chi connectivity index (χ3n) is 3.51. The summed E-state index contributed by atoms with van der Waals surface area (Å²) in [5.74, 6) is -0.0419. The number of rotatable bonds is 15. The molecule has 0 aliphatic carbocycles. The van der Waals surface area contributed by atoms with Gasteiger partial charge in [0.2, 0.25) is 0 Å². The molecule has 0 aromatic carbocycles. The summed E-state index contributed by atoms with van der Waals surface area (Å²) in [5, 5.41) is 0. The van der Waals surface area contributed by atoms with Gasteiger partial charge in [0.1, 0.15) is 11.6 Å². The number of unbranched alkanes of at least 4 members (excludes halogenated alkanes) is 4. The van der Waals surface area contributed by atoms with E-state index in [1.54, 1.807) is 0 Å². The molecule has 138 valence electrons. The zero-order chi connectivity index (χ0) is 18.6. The molecule has 0 amide bonds. The molecule has 0 atom stereocenters. The van der Waals surface area contributed by atoms with Gasteiger partial charge in [0.15, 0.2) is 0 Å². The first-order chi connectivity index (χ1) is 12.2. The third kappa shape index (κ3) is 20.0. The van der Waals surface area contributed by atoms with Crippen LogP contribution in [0.2, 0.25) is 0 Å². The molecule has 25 heavy (non-hydrogen) atoms. The van der Waals surface area contributed by atoms with E-state index in [1.165, 1.54) is 32.6 Å². The fourth-order valence-electron chi connectivity index (χ4n) is 2.20. The molecular formula is C23H34O2. The van der Waals surface area contributed by atoms with Crippen molar-refractivity contribution in [3.05, 3.63) is 60.8 Å². The van der Waals surface area contributed by atoms with Crippen LogP contribution in [0.4, 0.5) is 0 Å². The molecule has 0 aliphatic rings. The second kappa shape index (κ2) is 18.4. The lowest BCUT2D eigenvalue weighted by Gasteiger charge is -1.94. The van der Waals surface area contributed by atoms with Crippen molar-refractivity contribution in [1.82, 2.24) is 0 Å². The fourth-order valence-corrected chi connectivity index (χ4v) is 2.20. The van der Waals surface area contributed by atoms with Gasteiger partial charge in [-0.3, -0.25) is 9.59 Å². The number of allylic oxidation sites excluding steroid dienone is 10. The summed E-state index contributed by atoms with van der Waals surface area (Å²) >= 11 is 0. The predicted octanol–water partition coefficient (Wildman–Crippen LogP) is 6.46. The van der Waals surface area contributed by atoms with Gasteiger partial charge in [0, 0.05) is 6.42 Å². The van der Waals surface area contributed by atoms with Crippen LogP contribution in [0.3, 0.4) is 0 Å². The second-order valence-electron chi connectivity index (χ2n) is 6.10. The topological polar surface area (TPSA) is 34.1 Å². The molecular weight excluding hydrogens is 308 g/mol. The van der Waals surface area contributed by atoms with Crippen molar-refractivity contribution < 1.29 is 9.59 Å². The van der Waals surface area contributed by atoms with E-state index in [2.05, 4.69) is 31.2 Å². The number of hydrogen-bond acceptors (Lipinski definition) is 2. The first kappa shape index (κ1) is 23.0. The minimum atomic E-state index is -0.0591. The van der Waals surface area contributed by atoms with Gasteiger partial charge in [-0.05, 0) is 45.4 Å². The zero-order valence-corrected chi connectivity index (χ0v) is 16.0. The zero-order valence-electron chi connectivity index (χ0n) is 16.0. The van der Waals surface area contributed by atoms with Gasteiger partial charge in [0.05, 0.1) is 6.42 Å². The Hall–Kier alpha value is -1.96. The normalized spacial score (nSPS) is 12.6. The van der Waals surface area contributed by atoms with Crippen LogP contribution in [0.5, 0.6) is 0 Å². The molecule has 0 saturated carbocycles. The largest absolute Gasteiger partial charge is 0.300 e. The molecule has 0 unspecified atom stereocenters. The van der Waals surface area contributed by atoms with Crippen molar-refractivity contribution in [3.63, 3.8) is 0 Å². The summed E-state index contributed by atoms with van der Waals surface area (Å²) in [6.45, 7) is 3.62. The Kier molecular flexibility index (Phi) is 16.9. The third-order valence-corrected chi connectivity index (χ3v) is 3.51. The van der Waals surface area contributed by atoms with E-state index >= 15 is 0 Å². The van der Waals surface area contributed by atoms with Gasteiger partial charge >= 0.3 is 0 Å². The molecule has 0 spiro atoms. The highest BCUT2D eigenvalue weighted by atomic mass is 16.1. The van der Waals surface area contributed by atoms with Crippen molar-refractivity contribution in [1.29, 1.82) is 0 Å². The summed E-state index contributed by atoms with van der Waals surface area (Å²) in [6, 6.07) is 0. The van der Waals surface area contributed by atoms with Crippen LogP contribution in [0.25, 0.3) is 0 Å². The Morgan fingerprint density at radius 2 is 1.24 bits per heavy atom. The van der Waals surface area contributed by atoms with Gasteiger partial charge in [-0.2, -0.15) is 0 Å². The maximum absolute atomic E-state index is 11.3. The Labute approximate surface area is 154 Å². The number of carbonyl (C=O) groups excluding carboxylic acids is 2. The minimum Gasteiger partial charge on any atom is -0.300 e.